The van der Waals surface area contributed by atoms with Crippen molar-refractivity contribution in [3.8, 4) is 0 Å². The van der Waals surface area contributed by atoms with Gasteiger partial charge in [-0.1, -0.05) is 18.7 Å². The second-order valence-corrected chi connectivity index (χ2v) is 9.10. The van der Waals surface area contributed by atoms with Gasteiger partial charge in [-0.05, 0) is 68.6 Å². The fraction of sp³-hybridized carbons (Fsp3) is 1.00. The lowest BCUT2D eigenvalue weighted by molar-refractivity contribution is -0.646. The predicted octanol–water partition coefficient (Wildman–Crippen LogP) is 3.10. The van der Waals surface area contributed by atoms with Gasteiger partial charge in [-0.3, -0.25) is 0 Å². The lowest BCUT2D eigenvalue weighted by Crippen LogP contribution is -2.80. The van der Waals surface area contributed by atoms with Crippen LogP contribution in [-0.2, 0) is 14.5 Å². The summed E-state index contributed by atoms with van der Waals surface area (Å²) in [5, 5.41) is 0. The molecule has 1 spiro atoms. The highest BCUT2D eigenvalue weighted by atomic mass is 17.3. The van der Waals surface area contributed by atoms with E-state index in [0.717, 1.165) is 17.7 Å². The van der Waals surface area contributed by atoms with Crippen molar-refractivity contribution in [3.05, 3.63) is 0 Å². The Morgan fingerprint density at radius 1 is 0.864 bits per heavy atom. The topological polar surface area (TPSA) is 27.7 Å². The van der Waals surface area contributed by atoms with E-state index in [0.29, 0.717) is 17.8 Å². The van der Waals surface area contributed by atoms with Crippen LogP contribution in [0.3, 0.4) is 0 Å². The summed E-state index contributed by atoms with van der Waals surface area (Å²) in [6.07, 6.45) is 12.0. The van der Waals surface area contributed by atoms with Crippen LogP contribution in [0.4, 0.5) is 0 Å². The van der Waals surface area contributed by atoms with Gasteiger partial charge in [0.2, 0.25) is 5.79 Å². The lowest BCUT2D eigenvalue weighted by Gasteiger charge is -2.70. The highest BCUT2D eigenvalue weighted by molar-refractivity contribution is 6.11. The molecule has 1 heterocycles. The third kappa shape index (κ3) is 1.60. The molecule has 3 atom stereocenters. The minimum Gasteiger partial charge on any atom is -0.348 e. The van der Waals surface area contributed by atoms with E-state index in [4.69, 9.17) is 14.5 Å². The first kappa shape index (κ1) is 14.3. The summed E-state index contributed by atoms with van der Waals surface area (Å²) in [5.74, 6) is 4.14. The van der Waals surface area contributed by atoms with Gasteiger partial charge in [-0.2, -0.15) is 4.89 Å². The minimum atomic E-state index is -0.440. The normalized spacial score (nSPS) is 59.7. The van der Waals surface area contributed by atoms with Crippen LogP contribution >= 0.6 is 0 Å². The Bertz CT molecular complexity index is 435. The van der Waals surface area contributed by atoms with Crippen molar-refractivity contribution in [2.45, 2.75) is 75.0 Å². The van der Waals surface area contributed by atoms with Crippen molar-refractivity contribution in [3.63, 3.8) is 0 Å². The van der Waals surface area contributed by atoms with Gasteiger partial charge in [0.05, 0.1) is 0 Å². The molecule has 3 unspecified atom stereocenters. The van der Waals surface area contributed by atoms with Gasteiger partial charge < -0.3 is 4.74 Å². The minimum absolute atomic E-state index is 0.114. The highest BCUT2D eigenvalue weighted by Crippen LogP contribution is 2.69. The molecule has 6 rings (SSSR count). The maximum absolute atomic E-state index is 6.19. The molecule has 4 heteroatoms. The van der Waals surface area contributed by atoms with Crippen molar-refractivity contribution in [1.29, 1.82) is 0 Å². The molecule has 6 aliphatic rings. The molecule has 0 amide bonds. The molecule has 5 saturated carbocycles. The first-order chi connectivity index (χ1) is 10.7. The lowest BCUT2D eigenvalue weighted by atomic mass is 9.46. The Morgan fingerprint density at radius 3 is 2.05 bits per heavy atom. The molecule has 1 aliphatic heterocycles. The Kier molecular flexibility index (Phi) is 3.08. The zero-order chi connectivity index (χ0) is 14.9. The average Bonchev–Trinajstić information content (AvgIpc) is 2.46. The monoisotopic (exact) mass is 304 g/mol. The van der Waals surface area contributed by atoms with Gasteiger partial charge in [0, 0.05) is 13.0 Å². The smallest absolute Gasteiger partial charge is 0.237 e. The zero-order valence-electron chi connectivity index (χ0n) is 14.1. The van der Waals surface area contributed by atoms with Gasteiger partial charge in [0.1, 0.15) is 7.85 Å². The summed E-state index contributed by atoms with van der Waals surface area (Å²) in [6.45, 7) is 0. The van der Waals surface area contributed by atoms with E-state index in [1.807, 2.05) is 7.11 Å². The maximum atomic E-state index is 6.19. The van der Waals surface area contributed by atoms with E-state index < -0.39 is 5.79 Å². The molecule has 0 aromatic rings. The molecule has 0 aromatic heterocycles. The molecule has 0 aromatic carbocycles. The van der Waals surface area contributed by atoms with Crippen LogP contribution in [0, 0.1) is 29.6 Å². The Hall–Kier alpha value is -0.0551. The number of methoxy groups -OCH3 is 1. The molecule has 0 N–H and O–H groups in total. The fourth-order valence-electron chi connectivity index (χ4n) is 7.34. The summed E-state index contributed by atoms with van der Waals surface area (Å²) in [4.78, 5) is 12.0. The van der Waals surface area contributed by atoms with Crippen LogP contribution in [-0.4, -0.2) is 26.3 Å². The van der Waals surface area contributed by atoms with Crippen LogP contribution in [0.15, 0.2) is 0 Å². The van der Waals surface area contributed by atoms with E-state index in [2.05, 4.69) is 7.85 Å². The Morgan fingerprint density at radius 2 is 1.55 bits per heavy atom. The molecule has 6 fully saturated rings. The summed E-state index contributed by atoms with van der Waals surface area (Å²) >= 11 is 0. The van der Waals surface area contributed by atoms with Gasteiger partial charge >= 0.3 is 0 Å². The number of rotatable bonds is 2. The first-order valence-corrected chi connectivity index (χ1v) is 9.60. The second kappa shape index (κ2) is 4.74. The molecule has 3 nitrogen and oxygen atoms in total. The van der Waals surface area contributed by atoms with E-state index >= 15 is 0 Å². The quantitative estimate of drug-likeness (QED) is 0.579. The van der Waals surface area contributed by atoms with E-state index in [-0.39, 0.29) is 5.60 Å². The zero-order valence-corrected chi connectivity index (χ0v) is 14.1. The molecule has 122 valence electrons. The third-order valence-corrected chi connectivity index (χ3v) is 7.98. The predicted molar refractivity (Wildman–Crippen MR) is 85.9 cm³/mol. The molecular formula is C18H29BO3. The third-order valence-electron chi connectivity index (χ3n) is 7.98. The van der Waals surface area contributed by atoms with E-state index in [1.165, 1.54) is 57.8 Å². The fourth-order valence-corrected chi connectivity index (χ4v) is 7.34. The van der Waals surface area contributed by atoms with Crippen molar-refractivity contribution in [1.82, 2.24) is 0 Å². The number of hydrogen-bond donors (Lipinski definition) is 0. The average molecular weight is 304 g/mol. The highest BCUT2D eigenvalue weighted by Gasteiger charge is 2.77. The number of ether oxygens (including phenoxy) is 1. The molecular weight excluding hydrogens is 275 g/mol. The number of hydrogen-bond acceptors (Lipinski definition) is 3. The van der Waals surface area contributed by atoms with Crippen molar-refractivity contribution in [2.24, 2.45) is 29.6 Å². The second-order valence-electron chi connectivity index (χ2n) is 9.10. The van der Waals surface area contributed by atoms with Crippen LogP contribution < -0.4 is 0 Å². The summed E-state index contributed by atoms with van der Waals surface area (Å²) in [5.41, 5.74) is -0.114. The van der Waals surface area contributed by atoms with E-state index in [1.54, 1.807) is 0 Å². The largest absolute Gasteiger partial charge is 0.348 e. The first-order valence-electron chi connectivity index (χ1n) is 9.60. The van der Waals surface area contributed by atoms with Crippen molar-refractivity contribution >= 4 is 7.85 Å². The van der Waals surface area contributed by atoms with Crippen molar-refractivity contribution < 1.29 is 14.5 Å². The van der Waals surface area contributed by atoms with Crippen LogP contribution in [0.25, 0.3) is 0 Å². The van der Waals surface area contributed by atoms with Gasteiger partial charge in [0.15, 0.2) is 5.60 Å². The van der Waals surface area contributed by atoms with Crippen LogP contribution in [0.5, 0.6) is 0 Å². The maximum Gasteiger partial charge on any atom is 0.237 e. The summed E-state index contributed by atoms with van der Waals surface area (Å²) < 4.78 is 6.19. The SMILES string of the molecule is BC1CCCC(C2(OC)OOC23C2CC4CC(C2)CC3C4)C1. The molecule has 22 heavy (non-hydrogen) atoms. The van der Waals surface area contributed by atoms with E-state index in [9.17, 15) is 0 Å². The standard InChI is InChI=1S/C18H29BO3/c1-20-18(13-3-2-4-16(19)10-13)17(21-22-18)14-6-11-5-12(8-14)9-15(17)7-11/h11-16H,2-10,19H2,1H3. The Balaban J connectivity index is 1.51. The summed E-state index contributed by atoms with van der Waals surface area (Å²) in [6, 6.07) is 0. The molecule has 1 saturated heterocycles. The Labute approximate surface area is 134 Å². The van der Waals surface area contributed by atoms with Crippen LogP contribution in [0.1, 0.15) is 57.8 Å². The molecule has 4 bridgehead atoms. The van der Waals surface area contributed by atoms with Gasteiger partial charge in [-0.25, -0.2) is 4.89 Å². The summed E-state index contributed by atoms with van der Waals surface area (Å²) in [7, 11) is 4.26. The molecule has 5 aliphatic carbocycles. The van der Waals surface area contributed by atoms with Crippen molar-refractivity contribution in [2.75, 3.05) is 7.11 Å². The van der Waals surface area contributed by atoms with Crippen LogP contribution in [0.2, 0.25) is 5.82 Å². The molecule has 0 radical (unpaired) electrons. The van der Waals surface area contributed by atoms with Gasteiger partial charge in [-0.15, -0.1) is 0 Å². The van der Waals surface area contributed by atoms with Gasteiger partial charge in [0.25, 0.3) is 0 Å².